The van der Waals surface area contributed by atoms with Crippen molar-refractivity contribution in [1.29, 1.82) is 0 Å². The fraction of sp³-hybridized carbons (Fsp3) is 0.0952. The van der Waals surface area contributed by atoms with Gasteiger partial charge in [0.2, 0.25) is 0 Å². The van der Waals surface area contributed by atoms with Crippen molar-refractivity contribution < 1.29 is 9.53 Å². The maximum atomic E-state index is 12.6. The maximum Gasteiger partial charge on any atom is 0.277 e. The van der Waals surface area contributed by atoms with Gasteiger partial charge >= 0.3 is 0 Å². The van der Waals surface area contributed by atoms with Crippen LogP contribution >= 0.6 is 50.7 Å². The number of hydrogen-bond acceptors (Lipinski definition) is 4. The Labute approximate surface area is 207 Å². The molecule has 0 fully saturated rings. The van der Waals surface area contributed by atoms with Crippen molar-refractivity contribution in [3.63, 3.8) is 0 Å². The van der Waals surface area contributed by atoms with Crippen LogP contribution < -0.4 is 10.1 Å². The van der Waals surface area contributed by atoms with Crippen LogP contribution in [0.5, 0.6) is 5.75 Å². The van der Waals surface area contributed by atoms with E-state index < -0.39 is 5.91 Å². The summed E-state index contributed by atoms with van der Waals surface area (Å²) in [6, 6.07) is 14.2. The zero-order chi connectivity index (χ0) is 22.7. The first-order chi connectivity index (χ1) is 15.4. The lowest BCUT2D eigenvalue weighted by Crippen LogP contribution is -2.15. The molecule has 11 heteroatoms. The van der Waals surface area contributed by atoms with Gasteiger partial charge in [-0.25, -0.2) is 4.68 Å². The summed E-state index contributed by atoms with van der Waals surface area (Å²) in [6.07, 6.45) is 3.28. The van der Waals surface area contributed by atoms with Crippen LogP contribution in [0.3, 0.4) is 0 Å². The average Bonchev–Trinajstić information content (AvgIpc) is 3.36. The van der Waals surface area contributed by atoms with E-state index in [1.807, 2.05) is 12.1 Å². The van der Waals surface area contributed by atoms with Crippen LogP contribution in [0.25, 0.3) is 0 Å². The molecule has 7 nitrogen and oxygen atoms in total. The quantitative estimate of drug-likeness (QED) is 0.297. The van der Waals surface area contributed by atoms with E-state index in [0.29, 0.717) is 27.4 Å². The van der Waals surface area contributed by atoms with Crippen molar-refractivity contribution in [1.82, 2.24) is 19.6 Å². The van der Waals surface area contributed by atoms with Gasteiger partial charge in [-0.3, -0.25) is 9.48 Å². The molecule has 0 atom stereocenters. The van der Waals surface area contributed by atoms with Gasteiger partial charge in [0.1, 0.15) is 10.8 Å². The van der Waals surface area contributed by atoms with Crippen LogP contribution in [0.15, 0.2) is 65.4 Å². The van der Waals surface area contributed by atoms with Crippen LogP contribution in [-0.2, 0) is 13.3 Å². The molecule has 0 saturated carbocycles. The van der Waals surface area contributed by atoms with E-state index in [4.69, 9.17) is 39.5 Å². The summed E-state index contributed by atoms with van der Waals surface area (Å²) in [6.45, 7) is 0.600. The van der Waals surface area contributed by atoms with E-state index in [1.54, 1.807) is 53.5 Å². The highest BCUT2D eigenvalue weighted by atomic mass is 79.9. The Morgan fingerprint density at radius 1 is 1.00 bits per heavy atom. The van der Waals surface area contributed by atoms with Gasteiger partial charge < -0.3 is 10.1 Å². The van der Waals surface area contributed by atoms with Crippen molar-refractivity contribution in [3.05, 3.63) is 91.7 Å². The topological polar surface area (TPSA) is 74.0 Å². The average molecular weight is 556 g/mol. The van der Waals surface area contributed by atoms with Crippen molar-refractivity contribution in [3.8, 4) is 5.75 Å². The second-order valence-corrected chi connectivity index (χ2v) is 8.83. The summed E-state index contributed by atoms with van der Waals surface area (Å²) in [5, 5.41) is 12.8. The number of nitrogens with zero attached hydrogens (tertiary/aromatic N) is 4. The standard InChI is InChI=1S/C21H15BrCl3N5O2/c22-16-9-15(24)5-6-19(16)32-12-29-8-7-18(27-29)21(31)26-20-17(25)11-30(28-20)10-13-1-3-14(23)4-2-13/h1-9,11H,10,12H2,(H,26,28,31). The first kappa shape index (κ1) is 22.7. The lowest BCUT2D eigenvalue weighted by Gasteiger charge is -2.08. The Bertz CT molecular complexity index is 1260. The van der Waals surface area contributed by atoms with Crippen LogP contribution in [-0.4, -0.2) is 25.5 Å². The van der Waals surface area contributed by atoms with Gasteiger partial charge in [0.15, 0.2) is 18.2 Å². The molecule has 0 aliphatic heterocycles. The van der Waals surface area contributed by atoms with Crippen molar-refractivity contribution in [2.75, 3.05) is 5.32 Å². The predicted molar refractivity (Wildman–Crippen MR) is 128 cm³/mol. The number of carbonyl (C=O) groups is 1. The first-order valence-electron chi connectivity index (χ1n) is 9.27. The van der Waals surface area contributed by atoms with E-state index in [1.165, 1.54) is 4.68 Å². The van der Waals surface area contributed by atoms with Gasteiger partial charge in [-0.1, -0.05) is 46.9 Å². The molecular weight excluding hydrogens is 541 g/mol. The molecule has 1 N–H and O–H groups in total. The molecule has 0 spiro atoms. The minimum Gasteiger partial charge on any atom is -0.470 e. The van der Waals surface area contributed by atoms with Crippen molar-refractivity contribution >= 4 is 62.5 Å². The largest absolute Gasteiger partial charge is 0.470 e. The Balaban J connectivity index is 1.37. The zero-order valence-electron chi connectivity index (χ0n) is 16.3. The highest BCUT2D eigenvalue weighted by molar-refractivity contribution is 9.10. The number of hydrogen-bond donors (Lipinski definition) is 1. The van der Waals surface area contributed by atoms with E-state index in [0.717, 1.165) is 10.0 Å². The molecule has 2 heterocycles. The predicted octanol–water partition coefficient (Wildman–Crippen LogP) is 6.14. The highest BCUT2D eigenvalue weighted by Gasteiger charge is 2.15. The number of anilines is 1. The lowest BCUT2D eigenvalue weighted by molar-refractivity contribution is 0.101. The smallest absolute Gasteiger partial charge is 0.277 e. The SMILES string of the molecule is O=C(Nc1nn(Cc2ccc(Cl)cc2)cc1Cl)c1ccn(COc2ccc(Cl)cc2Br)n1. The number of aromatic nitrogens is 4. The molecule has 0 aliphatic rings. The number of amides is 1. The van der Waals surface area contributed by atoms with Crippen molar-refractivity contribution in [2.45, 2.75) is 13.3 Å². The van der Waals surface area contributed by atoms with E-state index in [9.17, 15) is 4.79 Å². The minimum absolute atomic E-state index is 0.115. The molecule has 0 bridgehead atoms. The summed E-state index contributed by atoms with van der Waals surface area (Å²) in [5.74, 6) is 0.422. The van der Waals surface area contributed by atoms with Crippen LogP contribution in [0.4, 0.5) is 5.82 Å². The second-order valence-electron chi connectivity index (χ2n) is 6.69. The molecule has 0 aliphatic carbocycles. The fourth-order valence-electron chi connectivity index (χ4n) is 2.79. The highest BCUT2D eigenvalue weighted by Crippen LogP contribution is 2.28. The molecule has 2 aromatic carbocycles. The van der Waals surface area contributed by atoms with Gasteiger partial charge in [0.05, 0.1) is 11.0 Å². The third-order valence-electron chi connectivity index (χ3n) is 4.33. The number of ether oxygens (including phenoxy) is 1. The number of carbonyl (C=O) groups excluding carboxylic acids is 1. The Kier molecular flexibility index (Phi) is 7.05. The number of nitrogens with one attached hydrogen (secondary N) is 1. The van der Waals surface area contributed by atoms with Gasteiger partial charge in [-0.2, -0.15) is 10.2 Å². The lowest BCUT2D eigenvalue weighted by atomic mass is 10.2. The third-order valence-corrected chi connectivity index (χ3v) is 5.71. The Morgan fingerprint density at radius 3 is 2.50 bits per heavy atom. The summed E-state index contributed by atoms with van der Waals surface area (Å²) in [5.41, 5.74) is 1.20. The molecular formula is C21H15BrCl3N5O2. The van der Waals surface area contributed by atoms with E-state index in [-0.39, 0.29) is 18.2 Å². The molecule has 1 amide bonds. The monoisotopic (exact) mass is 553 g/mol. The molecule has 4 aromatic rings. The second kappa shape index (κ2) is 9.95. The summed E-state index contributed by atoms with van der Waals surface area (Å²) < 4.78 is 9.55. The molecule has 0 saturated heterocycles. The minimum atomic E-state index is -0.435. The van der Waals surface area contributed by atoms with Crippen LogP contribution in [0, 0.1) is 0 Å². The fourth-order valence-corrected chi connectivity index (χ4v) is 3.91. The molecule has 164 valence electrons. The molecule has 32 heavy (non-hydrogen) atoms. The van der Waals surface area contributed by atoms with Crippen molar-refractivity contribution in [2.24, 2.45) is 0 Å². The summed E-state index contributed by atoms with van der Waals surface area (Å²) in [7, 11) is 0. The Hall–Kier alpha value is -2.52. The number of rotatable bonds is 7. The first-order valence-corrected chi connectivity index (χ1v) is 11.2. The normalized spacial score (nSPS) is 10.9. The van der Waals surface area contributed by atoms with Gasteiger partial charge in [0.25, 0.3) is 5.91 Å². The van der Waals surface area contributed by atoms with Gasteiger partial charge in [-0.15, -0.1) is 0 Å². The van der Waals surface area contributed by atoms with E-state index in [2.05, 4.69) is 31.4 Å². The molecule has 0 radical (unpaired) electrons. The summed E-state index contributed by atoms with van der Waals surface area (Å²) in [4.78, 5) is 12.6. The Morgan fingerprint density at radius 2 is 1.75 bits per heavy atom. The zero-order valence-corrected chi connectivity index (χ0v) is 20.2. The third kappa shape index (κ3) is 5.63. The molecule has 0 unspecified atom stereocenters. The number of benzene rings is 2. The number of halogens is 4. The van der Waals surface area contributed by atoms with Gasteiger partial charge in [0, 0.05) is 22.4 Å². The van der Waals surface area contributed by atoms with Crippen LogP contribution in [0.1, 0.15) is 16.1 Å². The van der Waals surface area contributed by atoms with E-state index >= 15 is 0 Å². The molecule has 2 aromatic heterocycles. The maximum absolute atomic E-state index is 12.6. The van der Waals surface area contributed by atoms with Crippen LogP contribution in [0.2, 0.25) is 15.1 Å². The molecule has 4 rings (SSSR count). The van der Waals surface area contributed by atoms with Gasteiger partial charge in [-0.05, 0) is 57.9 Å². The summed E-state index contributed by atoms with van der Waals surface area (Å²) >= 11 is 21.5.